The van der Waals surface area contributed by atoms with Gasteiger partial charge in [0.25, 0.3) is 10.2 Å². The molecule has 1 aliphatic carbocycles. The highest BCUT2D eigenvalue weighted by Gasteiger charge is 2.63. The average molecular weight is 431 g/mol. The van der Waals surface area contributed by atoms with E-state index < -0.39 is 27.6 Å². The van der Waals surface area contributed by atoms with Crippen LogP contribution in [0.2, 0.25) is 0 Å². The first-order valence-electron chi connectivity index (χ1n) is 9.77. The summed E-state index contributed by atoms with van der Waals surface area (Å²) >= 11 is 0. The molecule has 0 amide bonds. The van der Waals surface area contributed by atoms with Crippen LogP contribution in [0.3, 0.4) is 0 Å². The molecule has 1 aliphatic rings. The number of nitrogens with one attached hydrogen (secondary N) is 1. The van der Waals surface area contributed by atoms with Gasteiger partial charge in [0.15, 0.2) is 0 Å². The number of nitrogens with zero attached hydrogens (tertiary/aromatic N) is 4. The number of aliphatic carboxylic acids is 1. The quantitative estimate of drug-likeness (QED) is 0.480. The fourth-order valence-corrected chi connectivity index (χ4v) is 4.63. The monoisotopic (exact) mass is 431 g/mol. The van der Waals surface area contributed by atoms with Crippen LogP contribution < -0.4 is 15.1 Å². The summed E-state index contributed by atoms with van der Waals surface area (Å²) in [6.45, 7) is 3.08. The van der Waals surface area contributed by atoms with Crippen molar-refractivity contribution in [2.24, 2.45) is 0 Å². The number of rotatable bonds is 10. The lowest BCUT2D eigenvalue weighted by Crippen LogP contribution is -2.51. The maximum Gasteiger partial charge on any atom is 0.325 e. The first kappa shape index (κ1) is 22.2. The van der Waals surface area contributed by atoms with Crippen molar-refractivity contribution in [2.45, 2.75) is 24.8 Å². The van der Waals surface area contributed by atoms with Crippen molar-refractivity contribution in [3.05, 3.63) is 48.3 Å². The number of benzene rings is 1. The normalized spacial score (nSPS) is 20.8. The van der Waals surface area contributed by atoms with E-state index in [-0.39, 0.29) is 13.0 Å². The van der Waals surface area contributed by atoms with Crippen LogP contribution in [0.25, 0.3) is 0 Å². The van der Waals surface area contributed by atoms with E-state index in [4.69, 9.17) is 0 Å². The Bertz CT molecular complexity index is 990. The van der Waals surface area contributed by atoms with Gasteiger partial charge in [-0.05, 0) is 18.9 Å². The number of carboxylic acid groups (broad SMARTS) is 1. The van der Waals surface area contributed by atoms with Gasteiger partial charge in [0, 0.05) is 45.0 Å². The molecule has 0 spiro atoms. The van der Waals surface area contributed by atoms with Gasteiger partial charge in [0.2, 0.25) is 5.95 Å². The lowest BCUT2D eigenvalue weighted by Gasteiger charge is -2.26. The van der Waals surface area contributed by atoms with Gasteiger partial charge in [-0.25, -0.2) is 9.97 Å². The van der Waals surface area contributed by atoms with E-state index in [1.807, 2.05) is 50.0 Å². The van der Waals surface area contributed by atoms with Crippen LogP contribution in [0.5, 0.6) is 0 Å². The molecule has 2 aromatic rings. The maximum atomic E-state index is 12.9. The molecule has 1 saturated carbocycles. The number of hydrogen-bond donors (Lipinski definition) is 2. The van der Waals surface area contributed by atoms with Crippen LogP contribution >= 0.6 is 0 Å². The molecule has 9 nitrogen and oxygen atoms in total. The summed E-state index contributed by atoms with van der Waals surface area (Å²) in [7, 11) is -0.673. The van der Waals surface area contributed by atoms with Crippen molar-refractivity contribution in [1.29, 1.82) is 0 Å². The number of anilines is 1. The fraction of sp³-hybridized carbons (Fsp3) is 0.421. The minimum Gasteiger partial charge on any atom is -0.480 e. The van der Waals surface area contributed by atoms with Crippen LogP contribution in [0, 0.1) is 0 Å². The highest BCUT2D eigenvalue weighted by atomic mass is 32.2. The second-order valence-electron chi connectivity index (χ2n) is 7.51. The van der Waals surface area contributed by atoms with Crippen LogP contribution in [-0.2, 0) is 15.0 Å². The van der Waals surface area contributed by atoms with E-state index in [2.05, 4.69) is 14.7 Å². The summed E-state index contributed by atoms with van der Waals surface area (Å²) < 4.78 is 29.3. The third-order valence-corrected chi connectivity index (χ3v) is 7.01. The summed E-state index contributed by atoms with van der Waals surface area (Å²) in [5.41, 5.74) is 0.230. The fourth-order valence-electron chi connectivity index (χ4n) is 3.38. The van der Waals surface area contributed by atoms with Crippen molar-refractivity contribution >= 4 is 35.4 Å². The summed E-state index contributed by atoms with van der Waals surface area (Å²) in [5, 5.41) is 9.74. The Balaban J connectivity index is 1.67. The van der Waals surface area contributed by atoms with Crippen molar-refractivity contribution in [3.63, 3.8) is 0 Å². The molecule has 2 atom stereocenters. The van der Waals surface area contributed by atoms with Gasteiger partial charge in [-0.1, -0.05) is 35.8 Å². The van der Waals surface area contributed by atoms with E-state index in [1.165, 1.54) is 7.05 Å². The van der Waals surface area contributed by atoms with Gasteiger partial charge in [-0.3, -0.25) is 4.79 Å². The molecule has 0 radical (unpaired) electrons. The molecule has 1 aromatic carbocycles. The third-order valence-electron chi connectivity index (χ3n) is 5.38. The zero-order valence-electron chi connectivity index (χ0n) is 17.3. The second-order valence-corrected chi connectivity index (χ2v) is 9.29. The summed E-state index contributed by atoms with van der Waals surface area (Å²) in [5.74, 6) is -1.04. The Labute approximate surface area is 177 Å². The number of carboxylic acids is 1. The molecule has 2 unspecified atom stereocenters. The molecular formula is C19H26BN5O4S. The van der Waals surface area contributed by atoms with Gasteiger partial charge in [-0.2, -0.15) is 17.4 Å². The van der Waals surface area contributed by atoms with E-state index in [1.54, 1.807) is 12.4 Å². The zero-order valence-corrected chi connectivity index (χ0v) is 18.1. The minimum atomic E-state index is -4.00. The first-order chi connectivity index (χ1) is 14.2. The predicted molar refractivity (Wildman–Crippen MR) is 117 cm³/mol. The van der Waals surface area contributed by atoms with E-state index >= 15 is 0 Å². The van der Waals surface area contributed by atoms with Crippen LogP contribution in [0.1, 0.15) is 24.8 Å². The van der Waals surface area contributed by atoms with Crippen LogP contribution in [-0.4, -0.2) is 73.8 Å². The van der Waals surface area contributed by atoms with Gasteiger partial charge in [0.05, 0.1) is 0 Å². The Morgan fingerprint density at radius 2 is 1.90 bits per heavy atom. The van der Waals surface area contributed by atoms with Crippen molar-refractivity contribution in [2.75, 3.05) is 31.6 Å². The van der Waals surface area contributed by atoms with Crippen molar-refractivity contribution in [3.8, 4) is 0 Å². The molecular weight excluding hydrogens is 405 g/mol. The molecule has 3 rings (SSSR count). The minimum absolute atomic E-state index is 0.159. The van der Waals surface area contributed by atoms with E-state index in [0.29, 0.717) is 19.0 Å². The molecule has 1 fully saturated rings. The van der Waals surface area contributed by atoms with Gasteiger partial charge >= 0.3 is 5.97 Å². The number of carbonyl (C=O) groups is 1. The smallest absolute Gasteiger partial charge is 0.325 e. The summed E-state index contributed by atoms with van der Waals surface area (Å²) in [6.07, 6.45) is 3.64. The third kappa shape index (κ3) is 4.63. The van der Waals surface area contributed by atoms with Gasteiger partial charge < -0.3 is 10.0 Å². The number of likely N-dealkylation sites (N-methyl/N-ethyl adjacent to an activating group) is 2. The zero-order chi connectivity index (χ0) is 21.9. The molecule has 0 saturated heterocycles. The standard InChI is InChI=1S/C19H26BN5O4S/c1-3-25(18-21-12-15(20)13-22-18)10-9-24(2)30(28,29)23-19(17(26)27)11-16(19)14-7-5-4-6-8-14/h4-8,12-13,16,23H,3,9-11,20H2,1-2H3,(H,26,27). The Hall–Kier alpha value is -2.50. The molecule has 2 N–H and O–H groups in total. The summed E-state index contributed by atoms with van der Waals surface area (Å²) in [6, 6.07) is 9.09. The Kier molecular flexibility index (Phi) is 6.44. The van der Waals surface area contributed by atoms with Gasteiger partial charge in [-0.15, -0.1) is 0 Å². The second kappa shape index (κ2) is 8.70. The maximum absolute atomic E-state index is 12.9. The molecule has 0 aliphatic heterocycles. The molecule has 1 aromatic heterocycles. The molecule has 1 heterocycles. The SMILES string of the molecule is Bc1cnc(N(CC)CCN(C)S(=O)(=O)NC2(C(=O)O)CC2c2ccccc2)nc1. The Morgan fingerprint density at radius 3 is 2.47 bits per heavy atom. The lowest BCUT2D eigenvalue weighted by molar-refractivity contribution is -0.140. The number of hydrogen-bond acceptors (Lipinski definition) is 6. The molecule has 0 bridgehead atoms. The summed E-state index contributed by atoms with van der Waals surface area (Å²) in [4.78, 5) is 22.3. The predicted octanol–water partition coefficient (Wildman–Crippen LogP) is -0.662. The van der Waals surface area contributed by atoms with E-state index in [9.17, 15) is 18.3 Å². The van der Waals surface area contributed by atoms with Crippen LogP contribution in [0.15, 0.2) is 42.7 Å². The molecule has 160 valence electrons. The highest BCUT2D eigenvalue weighted by molar-refractivity contribution is 7.87. The average Bonchev–Trinajstić information content (AvgIpc) is 3.45. The van der Waals surface area contributed by atoms with Crippen molar-refractivity contribution in [1.82, 2.24) is 19.0 Å². The van der Waals surface area contributed by atoms with Crippen LogP contribution in [0.4, 0.5) is 5.95 Å². The topological polar surface area (TPSA) is 116 Å². The van der Waals surface area contributed by atoms with Gasteiger partial charge in [0.1, 0.15) is 13.4 Å². The highest BCUT2D eigenvalue weighted by Crippen LogP contribution is 2.52. The lowest BCUT2D eigenvalue weighted by atomic mass is 10.0. The van der Waals surface area contributed by atoms with E-state index in [0.717, 1.165) is 15.3 Å². The van der Waals surface area contributed by atoms with Crippen molar-refractivity contribution < 1.29 is 18.3 Å². The largest absolute Gasteiger partial charge is 0.480 e. The number of aromatic nitrogens is 2. The molecule has 11 heteroatoms. The molecule has 30 heavy (non-hydrogen) atoms. The first-order valence-corrected chi connectivity index (χ1v) is 11.2. The Morgan fingerprint density at radius 1 is 1.27 bits per heavy atom.